The Hall–Kier alpha value is -0.900. The van der Waals surface area contributed by atoms with Crippen LogP contribution in [-0.4, -0.2) is 28.1 Å². The van der Waals surface area contributed by atoms with E-state index in [0.717, 1.165) is 32.1 Å². The van der Waals surface area contributed by atoms with E-state index >= 15 is 0 Å². The summed E-state index contributed by atoms with van der Waals surface area (Å²) >= 11 is 0. The van der Waals surface area contributed by atoms with Crippen molar-refractivity contribution < 1.29 is 19.8 Å². The summed E-state index contributed by atoms with van der Waals surface area (Å²) in [7, 11) is 0. The predicted molar refractivity (Wildman–Crippen MR) is 103 cm³/mol. The molecule has 0 spiro atoms. The Kier molecular flexibility index (Phi) is 4.73. The van der Waals surface area contributed by atoms with E-state index in [-0.39, 0.29) is 35.2 Å². The minimum Gasteiger partial charge on any atom is -0.481 e. The van der Waals surface area contributed by atoms with Gasteiger partial charge < -0.3 is 10.2 Å². The van der Waals surface area contributed by atoms with Crippen molar-refractivity contribution in [1.82, 2.24) is 0 Å². The van der Waals surface area contributed by atoms with Gasteiger partial charge in [0.2, 0.25) is 0 Å². The zero-order chi connectivity index (χ0) is 19.6. The average Bonchev–Trinajstić information content (AvgIpc) is 2.91. The maximum absolute atomic E-state index is 12.7. The molecule has 0 aromatic heterocycles. The molecule has 0 saturated heterocycles. The largest absolute Gasteiger partial charge is 0.481 e. The molecule has 4 nitrogen and oxygen atoms in total. The third-order valence-electron chi connectivity index (χ3n) is 9.94. The van der Waals surface area contributed by atoms with Crippen molar-refractivity contribution in [1.29, 1.82) is 0 Å². The molecule has 0 heterocycles. The Bertz CT molecular complexity index is 630. The molecule has 0 radical (unpaired) electrons. The number of rotatable bonds is 3. The van der Waals surface area contributed by atoms with Gasteiger partial charge in [-0.05, 0) is 85.4 Å². The number of aliphatic carboxylic acids is 1. The normalized spacial score (nSPS) is 52.0. The fourth-order valence-electron chi connectivity index (χ4n) is 8.37. The molecule has 4 aliphatic rings. The Balaban J connectivity index is 1.67. The lowest BCUT2D eigenvalue weighted by atomic mass is 9.41. The number of hydrogen-bond acceptors (Lipinski definition) is 3. The molecule has 4 saturated carbocycles. The number of Topliss-reactive ketones (excluding diaryl/α,β-unsaturated/α-hetero) is 1. The van der Waals surface area contributed by atoms with Crippen molar-refractivity contribution in [3.8, 4) is 0 Å². The lowest BCUT2D eigenvalue weighted by Gasteiger charge is -2.63. The van der Waals surface area contributed by atoms with E-state index in [1.54, 1.807) is 0 Å². The van der Waals surface area contributed by atoms with E-state index in [4.69, 9.17) is 0 Å². The quantitative estimate of drug-likeness (QED) is 0.770. The second-order valence-corrected chi connectivity index (χ2v) is 10.7. The zero-order valence-corrected chi connectivity index (χ0v) is 17.1. The number of carbonyl (C=O) groups excluding carboxylic acids is 1. The molecule has 152 valence electrons. The molecule has 4 aliphatic carbocycles. The van der Waals surface area contributed by atoms with Crippen LogP contribution >= 0.6 is 0 Å². The zero-order valence-electron chi connectivity index (χ0n) is 17.1. The first-order valence-corrected chi connectivity index (χ1v) is 11.1. The van der Waals surface area contributed by atoms with Crippen LogP contribution in [0.2, 0.25) is 0 Å². The second kappa shape index (κ2) is 6.57. The lowest BCUT2D eigenvalue weighted by Crippen LogP contribution is -2.59. The molecule has 0 aromatic rings. The lowest BCUT2D eigenvalue weighted by molar-refractivity contribution is -0.169. The highest BCUT2D eigenvalue weighted by molar-refractivity contribution is 5.82. The van der Waals surface area contributed by atoms with Crippen molar-refractivity contribution in [2.24, 2.45) is 46.3 Å². The van der Waals surface area contributed by atoms with Gasteiger partial charge in [-0.25, -0.2) is 0 Å². The SMILES string of the molecule is CC1C(=O)CC2CC[C@@H]3[C@@H](CC[C@]4(C)C(O)CC[C@@H]34)[C@@]2(C)C1CCC(=O)O. The molecule has 4 fully saturated rings. The fraction of sp³-hybridized carbons (Fsp3) is 0.913. The van der Waals surface area contributed by atoms with Gasteiger partial charge in [-0.2, -0.15) is 0 Å². The number of fused-ring (bicyclic) bond motifs is 5. The topological polar surface area (TPSA) is 74.6 Å². The monoisotopic (exact) mass is 376 g/mol. The summed E-state index contributed by atoms with van der Waals surface area (Å²) in [6.07, 6.45) is 7.88. The maximum Gasteiger partial charge on any atom is 0.303 e. The summed E-state index contributed by atoms with van der Waals surface area (Å²) in [5, 5.41) is 19.9. The van der Waals surface area contributed by atoms with Crippen LogP contribution in [0.3, 0.4) is 0 Å². The summed E-state index contributed by atoms with van der Waals surface area (Å²) in [5.74, 6) is 1.99. The van der Waals surface area contributed by atoms with Gasteiger partial charge in [0.05, 0.1) is 6.10 Å². The molecule has 4 rings (SSSR count). The smallest absolute Gasteiger partial charge is 0.303 e. The van der Waals surface area contributed by atoms with E-state index in [0.29, 0.717) is 42.3 Å². The maximum atomic E-state index is 12.7. The second-order valence-electron chi connectivity index (χ2n) is 10.7. The van der Waals surface area contributed by atoms with Gasteiger partial charge in [0.1, 0.15) is 5.78 Å². The molecule has 9 atom stereocenters. The van der Waals surface area contributed by atoms with Gasteiger partial charge in [0, 0.05) is 18.8 Å². The molecule has 4 heteroatoms. The fourth-order valence-corrected chi connectivity index (χ4v) is 8.37. The van der Waals surface area contributed by atoms with Crippen LogP contribution in [0.5, 0.6) is 0 Å². The van der Waals surface area contributed by atoms with E-state index in [1.807, 2.05) is 6.92 Å². The van der Waals surface area contributed by atoms with Crippen molar-refractivity contribution in [3.05, 3.63) is 0 Å². The highest BCUT2D eigenvalue weighted by atomic mass is 16.4. The van der Waals surface area contributed by atoms with Crippen LogP contribution in [0.1, 0.15) is 78.6 Å². The van der Waals surface area contributed by atoms with Gasteiger partial charge in [-0.1, -0.05) is 20.8 Å². The molecule has 27 heavy (non-hydrogen) atoms. The third-order valence-corrected chi connectivity index (χ3v) is 9.94. The van der Waals surface area contributed by atoms with Crippen LogP contribution in [0.4, 0.5) is 0 Å². The summed E-state index contributed by atoms with van der Waals surface area (Å²) in [6, 6.07) is 0. The van der Waals surface area contributed by atoms with Crippen LogP contribution in [-0.2, 0) is 9.59 Å². The predicted octanol–water partition coefficient (Wildman–Crippen LogP) is 4.30. The van der Waals surface area contributed by atoms with Crippen molar-refractivity contribution in [2.45, 2.75) is 84.7 Å². The number of carboxylic acid groups (broad SMARTS) is 1. The number of carbonyl (C=O) groups is 2. The van der Waals surface area contributed by atoms with Gasteiger partial charge in [-0.3, -0.25) is 9.59 Å². The first kappa shape index (κ1) is 19.4. The van der Waals surface area contributed by atoms with Crippen molar-refractivity contribution in [2.75, 3.05) is 0 Å². The van der Waals surface area contributed by atoms with Crippen molar-refractivity contribution in [3.63, 3.8) is 0 Å². The Morgan fingerprint density at radius 1 is 1.11 bits per heavy atom. The number of hydrogen-bond donors (Lipinski definition) is 2. The van der Waals surface area contributed by atoms with Gasteiger partial charge >= 0.3 is 5.97 Å². The van der Waals surface area contributed by atoms with Crippen LogP contribution in [0.25, 0.3) is 0 Å². The highest BCUT2D eigenvalue weighted by Crippen LogP contribution is 2.68. The molecular formula is C23H36O4. The summed E-state index contributed by atoms with van der Waals surface area (Å²) in [5.41, 5.74) is 0.137. The number of aliphatic hydroxyl groups is 1. The van der Waals surface area contributed by atoms with Gasteiger partial charge in [-0.15, -0.1) is 0 Å². The van der Waals surface area contributed by atoms with Crippen LogP contribution in [0, 0.1) is 46.3 Å². The van der Waals surface area contributed by atoms with E-state index < -0.39 is 5.97 Å². The molecule has 4 unspecified atom stereocenters. The molecule has 0 amide bonds. The van der Waals surface area contributed by atoms with Crippen LogP contribution in [0.15, 0.2) is 0 Å². The van der Waals surface area contributed by atoms with Gasteiger partial charge in [0.15, 0.2) is 0 Å². The summed E-state index contributed by atoms with van der Waals surface area (Å²) in [6.45, 7) is 6.75. The number of carboxylic acids is 1. The van der Waals surface area contributed by atoms with E-state index in [1.165, 1.54) is 6.42 Å². The summed E-state index contributed by atoms with van der Waals surface area (Å²) < 4.78 is 0. The minimum atomic E-state index is -0.747. The Morgan fingerprint density at radius 2 is 1.85 bits per heavy atom. The summed E-state index contributed by atoms with van der Waals surface area (Å²) in [4.78, 5) is 24.0. The number of ketones is 1. The molecule has 0 bridgehead atoms. The first-order chi connectivity index (χ1) is 12.7. The minimum absolute atomic E-state index is 0.0215. The van der Waals surface area contributed by atoms with E-state index in [2.05, 4.69) is 13.8 Å². The molecule has 0 aromatic carbocycles. The molecular weight excluding hydrogens is 340 g/mol. The Morgan fingerprint density at radius 3 is 2.56 bits per heavy atom. The number of aliphatic hydroxyl groups excluding tert-OH is 1. The van der Waals surface area contributed by atoms with E-state index in [9.17, 15) is 19.8 Å². The average molecular weight is 377 g/mol. The van der Waals surface area contributed by atoms with Crippen LogP contribution < -0.4 is 0 Å². The standard InChI is InChI=1S/C23H36O4/c1-13-16(7-9-21(26)27)23(3)14(12-19(13)24)4-5-15-17-6-8-20(25)22(17,2)11-10-18(15)23/h13-18,20,25H,4-12H2,1-3H3,(H,26,27)/t13?,14?,15-,16?,17-,18+,20?,22-,23+/m0/s1. The highest BCUT2D eigenvalue weighted by Gasteiger charge is 2.63. The van der Waals surface area contributed by atoms with Gasteiger partial charge in [0.25, 0.3) is 0 Å². The van der Waals surface area contributed by atoms with Crippen molar-refractivity contribution >= 4 is 11.8 Å². The third kappa shape index (κ3) is 2.73. The molecule has 2 N–H and O–H groups in total. The molecule has 0 aliphatic heterocycles. The first-order valence-electron chi connectivity index (χ1n) is 11.1. The Labute approximate surface area is 163 Å².